The average Bonchev–Trinajstić information content (AvgIpc) is 3.41. The van der Waals surface area contributed by atoms with E-state index in [1.807, 2.05) is 0 Å². The maximum atomic E-state index is 13.9. The van der Waals surface area contributed by atoms with Crippen LogP contribution in [0.25, 0.3) is 0 Å². The van der Waals surface area contributed by atoms with E-state index in [-0.39, 0.29) is 23.2 Å². The van der Waals surface area contributed by atoms with Crippen molar-refractivity contribution in [3.63, 3.8) is 0 Å². The molecule has 0 spiro atoms. The highest BCUT2D eigenvalue weighted by Gasteiger charge is 2.56. The quantitative estimate of drug-likeness (QED) is 0.278. The number of thioether (sulfide) groups is 1. The standard InChI is InChI=1S/C29H21Cl2N3O5S2/c1-39-20-12-10-19(11-13-20)34-26(36)23-22(15-2-4-16(30)5-3-15)25-28(40-24(23)27(34)37)33(29(38)41-25)14-21(35)32-18-8-6-17(31)7-9-18/h2-13,22-24H,14H2,1H3,(H,32,35)/t22-,23-,24+/m0/s1. The molecule has 3 amide bonds. The van der Waals surface area contributed by atoms with Crippen molar-refractivity contribution in [3.05, 3.63) is 103 Å². The Morgan fingerprint density at radius 2 is 1.54 bits per heavy atom. The summed E-state index contributed by atoms with van der Waals surface area (Å²) in [5, 5.41) is 3.54. The number of nitrogens with one attached hydrogen (secondary N) is 1. The highest BCUT2D eigenvalue weighted by atomic mass is 35.5. The van der Waals surface area contributed by atoms with Crippen LogP contribution in [0.15, 0.2) is 82.6 Å². The van der Waals surface area contributed by atoms with Gasteiger partial charge in [0.1, 0.15) is 17.5 Å². The van der Waals surface area contributed by atoms with Crippen LogP contribution in [-0.2, 0) is 20.9 Å². The van der Waals surface area contributed by atoms with Crippen molar-refractivity contribution in [2.24, 2.45) is 5.92 Å². The normalized spacial score (nSPS) is 19.6. The summed E-state index contributed by atoms with van der Waals surface area (Å²) in [6.45, 7) is -0.255. The molecule has 3 heterocycles. The highest BCUT2D eigenvalue weighted by molar-refractivity contribution is 8.00. The van der Waals surface area contributed by atoms with Gasteiger partial charge in [0.2, 0.25) is 17.7 Å². The number of rotatable bonds is 6. The highest BCUT2D eigenvalue weighted by Crippen LogP contribution is 2.54. The van der Waals surface area contributed by atoms with Crippen molar-refractivity contribution < 1.29 is 19.1 Å². The molecule has 0 radical (unpaired) electrons. The Labute approximate surface area is 252 Å². The zero-order valence-corrected chi connectivity index (χ0v) is 24.5. The van der Waals surface area contributed by atoms with Gasteiger partial charge in [-0.15, -0.1) is 0 Å². The Morgan fingerprint density at radius 3 is 2.17 bits per heavy atom. The Bertz CT molecular complexity index is 1720. The average molecular weight is 627 g/mol. The summed E-state index contributed by atoms with van der Waals surface area (Å²) in [4.78, 5) is 55.5. The Kier molecular flexibility index (Phi) is 7.41. The first-order chi connectivity index (χ1) is 19.7. The third-order valence-corrected chi connectivity index (χ3v) is 10.1. The lowest BCUT2D eigenvalue weighted by molar-refractivity contribution is -0.122. The van der Waals surface area contributed by atoms with E-state index in [1.54, 1.807) is 72.8 Å². The lowest BCUT2D eigenvalue weighted by Gasteiger charge is -2.30. The molecule has 8 nitrogen and oxygen atoms in total. The number of benzene rings is 3. The molecule has 3 atom stereocenters. The number of aromatic nitrogens is 1. The zero-order valence-electron chi connectivity index (χ0n) is 21.4. The maximum absolute atomic E-state index is 13.9. The van der Waals surface area contributed by atoms with Crippen molar-refractivity contribution >= 4 is 75.4 Å². The topological polar surface area (TPSA) is 97.7 Å². The molecule has 41 heavy (non-hydrogen) atoms. The molecule has 1 saturated heterocycles. The SMILES string of the molecule is COc1ccc(N2C(=O)[C@H]3[C@H](c4ccc(Cl)cc4)c4sc(=O)n(CC(=O)Nc5ccc(Cl)cc5)c4S[C@H]3C2=O)cc1. The molecule has 0 saturated carbocycles. The van der Waals surface area contributed by atoms with Crippen LogP contribution in [0.5, 0.6) is 5.75 Å². The van der Waals surface area contributed by atoms with Gasteiger partial charge in [0.25, 0.3) is 0 Å². The number of hydrogen-bond acceptors (Lipinski definition) is 7. The monoisotopic (exact) mass is 625 g/mol. The first-order valence-electron chi connectivity index (χ1n) is 12.5. The van der Waals surface area contributed by atoms with Gasteiger partial charge in [-0.2, -0.15) is 0 Å². The summed E-state index contributed by atoms with van der Waals surface area (Å²) < 4.78 is 6.60. The van der Waals surface area contributed by atoms with Crippen molar-refractivity contribution in [1.82, 2.24) is 4.57 Å². The van der Waals surface area contributed by atoms with Crippen LogP contribution >= 0.6 is 46.3 Å². The molecule has 1 fully saturated rings. The van der Waals surface area contributed by atoms with E-state index in [1.165, 1.54) is 16.6 Å². The minimum atomic E-state index is -0.794. The van der Waals surface area contributed by atoms with Gasteiger partial charge < -0.3 is 10.1 Å². The van der Waals surface area contributed by atoms with Gasteiger partial charge >= 0.3 is 4.87 Å². The molecule has 1 aromatic heterocycles. The van der Waals surface area contributed by atoms with Crippen LogP contribution < -0.4 is 19.8 Å². The third-order valence-electron chi connectivity index (χ3n) is 7.04. The van der Waals surface area contributed by atoms with E-state index < -0.39 is 23.0 Å². The lowest BCUT2D eigenvalue weighted by Crippen LogP contribution is -2.33. The fourth-order valence-electron chi connectivity index (χ4n) is 5.15. The molecule has 3 aromatic carbocycles. The number of methoxy groups -OCH3 is 1. The smallest absolute Gasteiger partial charge is 0.308 e. The van der Waals surface area contributed by atoms with Crippen molar-refractivity contribution in [2.45, 2.75) is 22.7 Å². The second-order valence-electron chi connectivity index (χ2n) is 9.48. The Morgan fingerprint density at radius 1 is 0.902 bits per heavy atom. The number of hydrogen-bond donors (Lipinski definition) is 1. The van der Waals surface area contributed by atoms with E-state index in [2.05, 4.69) is 5.32 Å². The van der Waals surface area contributed by atoms with Crippen LogP contribution in [0.4, 0.5) is 11.4 Å². The molecule has 0 unspecified atom stereocenters. The first kappa shape index (κ1) is 27.6. The van der Waals surface area contributed by atoms with Crippen LogP contribution in [0.1, 0.15) is 16.4 Å². The molecule has 12 heteroatoms. The molecular weight excluding hydrogens is 605 g/mol. The van der Waals surface area contributed by atoms with Crippen LogP contribution in [-0.4, -0.2) is 34.6 Å². The van der Waals surface area contributed by atoms with Crippen molar-refractivity contribution in [1.29, 1.82) is 0 Å². The number of carbonyl (C=O) groups is 3. The van der Waals surface area contributed by atoms with Crippen LogP contribution in [0, 0.1) is 5.92 Å². The van der Waals surface area contributed by atoms with Gasteiger partial charge in [0, 0.05) is 26.5 Å². The molecule has 4 aromatic rings. The number of amides is 3. The minimum absolute atomic E-state index is 0.255. The Balaban J connectivity index is 1.39. The van der Waals surface area contributed by atoms with Gasteiger partial charge in [-0.1, -0.05) is 58.4 Å². The van der Waals surface area contributed by atoms with Gasteiger partial charge in [0.15, 0.2) is 0 Å². The summed E-state index contributed by atoms with van der Waals surface area (Å²) in [6, 6.07) is 20.4. The molecule has 1 N–H and O–H groups in total. The summed E-state index contributed by atoms with van der Waals surface area (Å²) in [5.74, 6) is -1.87. The number of halogens is 2. The summed E-state index contributed by atoms with van der Waals surface area (Å²) in [7, 11) is 1.54. The van der Waals surface area contributed by atoms with Crippen LogP contribution in [0.2, 0.25) is 10.0 Å². The van der Waals surface area contributed by atoms with Crippen LogP contribution in [0.3, 0.4) is 0 Å². The van der Waals surface area contributed by atoms with Gasteiger partial charge in [-0.25, -0.2) is 4.90 Å². The van der Waals surface area contributed by atoms with E-state index >= 15 is 0 Å². The number of imide groups is 1. The van der Waals surface area contributed by atoms with E-state index in [0.717, 1.165) is 28.7 Å². The molecule has 6 rings (SSSR count). The molecule has 0 aliphatic carbocycles. The number of fused-ring (bicyclic) bond motifs is 2. The zero-order chi connectivity index (χ0) is 28.8. The molecule has 2 aliphatic rings. The van der Waals surface area contributed by atoms with Crippen molar-refractivity contribution in [3.8, 4) is 5.75 Å². The molecule has 2 aliphatic heterocycles. The largest absolute Gasteiger partial charge is 0.497 e. The number of carbonyl (C=O) groups excluding carboxylic acids is 3. The van der Waals surface area contributed by atoms with Gasteiger partial charge in [-0.05, 0) is 66.2 Å². The maximum Gasteiger partial charge on any atom is 0.308 e. The van der Waals surface area contributed by atoms with Gasteiger partial charge in [0.05, 0.1) is 23.7 Å². The van der Waals surface area contributed by atoms with Gasteiger partial charge in [-0.3, -0.25) is 23.7 Å². The molecule has 0 bridgehead atoms. The predicted octanol–water partition coefficient (Wildman–Crippen LogP) is 5.66. The third kappa shape index (κ3) is 5.05. The summed E-state index contributed by atoms with van der Waals surface area (Å²) in [5.41, 5.74) is 1.73. The summed E-state index contributed by atoms with van der Waals surface area (Å²) >= 11 is 14.2. The number of ether oxygens (including phenoxy) is 1. The number of thiazole rings is 1. The fraction of sp³-hybridized carbons (Fsp3) is 0.172. The Hall–Kier alpha value is -3.57. The van der Waals surface area contributed by atoms with E-state index in [0.29, 0.717) is 37.1 Å². The lowest BCUT2D eigenvalue weighted by atomic mass is 9.83. The van der Waals surface area contributed by atoms with E-state index in [9.17, 15) is 19.2 Å². The minimum Gasteiger partial charge on any atom is -0.497 e. The second-order valence-corrected chi connectivity index (χ2v) is 12.5. The first-order valence-corrected chi connectivity index (χ1v) is 14.9. The molecule has 208 valence electrons. The fourth-order valence-corrected chi connectivity index (χ4v) is 8.17. The van der Waals surface area contributed by atoms with E-state index in [4.69, 9.17) is 27.9 Å². The van der Waals surface area contributed by atoms with Crippen molar-refractivity contribution in [2.75, 3.05) is 17.3 Å². The second kappa shape index (κ2) is 11.0. The molecular formula is C29H21Cl2N3O5S2. The predicted molar refractivity (Wildman–Crippen MR) is 161 cm³/mol. The number of anilines is 2. The summed E-state index contributed by atoms with van der Waals surface area (Å²) in [6.07, 6.45) is 0. The number of nitrogens with zero attached hydrogens (tertiary/aromatic N) is 2.